The molecule has 0 aliphatic heterocycles. The van der Waals surface area contributed by atoms with E-state index in [4.69, 9.17) is 0 Å². The summed E-state index contributed by atoms with van der Waals surface area (Å²) in [5.41, 5.74) is 2.64. The first-order valence-corrected chi connectivity index (χ1v) is 4.14. The molecule has 0 radical (unpaired) electrons. The number of carbonyl (C=O) groups excluding carboxylic acids is 1. The molecule has 13 heavy (non-hydrogen) atoms. The zero-order valence-electron chi connectivity index (χ0n) is 7.61. The number of carbonyl (C=O) groups is 1. The van der Waals surface area contributed by atoms with E-state index in [2.05, 4.69) is 4.98 Å². The van der Waals surface area contributed by atoms with Crippen LogP contribution in [0.5, 0.6) is 0 Å². The first kappa shape index (κ1) is 7.98. The summed E-state index contributed by atoms with van der Waals surface area (Å²) < 4.78 is 1.87. The summed E-state index contributed by atoms with van der Waals surface area (Å²) in [6.07, 6.45) is 3.51. The number of Topliss-reactive ketones (excluding diaryl/α,β-unsaturated/α-hetero) is 1. The Morgan fingerprint density at radius 3 is 2.92 bits per heavy atom. The molecule has 0 bridgehead atoms. The molecule has 3 nitrogen and oxygen atoms in total. The van der Waals surface area contributed by atoms with Crippen LogP contribution in [0.4, 0.5) is 0 Å². The minimum atomic E-state index is 0.0746. The lowest BCUT2D eigenvalue weighted by Crippen LogP contribution is -1.99. The fourth-order valence-electron chi connectivity index (χ4n) is 1.47. The van der Waals surface area contributed by atoms with Crippen LogP contribution in [-0.2, 0) is 0 Å². The third-order valence-corrected chi connectivity index (χ3v) is 2.13. The standard InChI is InChI=1S/C10H10N2O/c1-7-9-3-4-10(8(2)13)12(9)6-5-11-7/h3-6H,1-2H3. The zero-order valence-corrected chi connectivity index (χ0v) is 7.61. The first-order chi connectivity index (χ1) is 6.20. The SMILES string of the molecule is CC(=O)c1ccc2c(C)nccn12. The van der Waals surface area contributed by atoms with Crippen LogP contribution >= 0.6 is 0 Å². The van der Waals surface area contributed by atoms with Crippen LogP contribution in [0.3, 0.4) is 0 Å². The van der Waals surface area contributed by atoms with Crippen molar-refractivity contribution in [1.82, 2.24) is 9.38 Å². The lowest BCUT2D eigenvalue weighted by molar-refractivity contribution is 0.101. The second-order valence-electron chi connectivity index (χ2n) is 3.04. The molecule has 0 amide bonds. The van der Waals surface area contributed by atoms with Gasteiger partial charge >= 0.3 is 0 Å². The smallest absolute Gasteiger partial charge is 0.176 e. The van der Waals surface area contributed by atoms with Crippen molar-refractivity contribution >= 4 is 11.3 Å². The lowest BCUT2D eigenvalue weighted by atomic mass is 10.3. The van der Waals surface area contributed by atoms with E-state index in [1.54, 1.807) is 19.3 Å². The molecule has 66 valence electrons. The minimum absolute atomic E-state index is 0.0746. The lowest BCUT2D eigenvalue weighted by Gasteiger charge is -1.99. The molecule has 0 saturated carbocycles. The maximum absolute atomic E-state index is 11.2. The van der Waals surface area contributed by atoms with Gasteiger partial charge in [0.2, 0.25) is 0 Å². The van der Waals surface area contributed by atoms with Gasteiger partial charge in [-0.15, -0.1) is 0 Å². The van der Waals surface area contributed by atoms with Gasteiger partial charge in [-0.1, -0.05) is 0 Å². The average Bonchev–Trinajstić information content (AvgIpc) is 2.48. The van der Waals surface area contributed by atoms with Gasteiger partial charge in [-0.05, 0) is 19.1 Å². The van der Waals surface area contributed by atoms with Crippen molar-refractivity contribution in [1.29, 1.82) is 0 Å². The summed E-state index contributed by atoms with van der Waals surface area (Å²) in [4.78, 5) is 15.3. The van der Waals surface area contributed by atoms with Crippen molar-refractivity contribution in [2.75, 3.05) is 0 Å². The largest absolute Gasteiger partial charge is 0.311 e. The molecule has 2 heterocycles. The van der Waals surface area contributed by atoms with Crippen LogP contribution < -0.4 is 0 Å². The predicted molar refractivity (Wildman–Crippen MR) is 49.9 cm³/mol. The van der Waals surface area contributed by atoms with E-state index in [0.717, 1.165) is 11.2 Å². The van der Waals surface area contributed by atoms with Crippen LogP contribution in [-0.4, -0.2) is 15.2 Å². The minimum Gasteiger partial charge on any atom is -0.311 e. The van der Waals surface area contributed by atoms with Crippen LogP contribution in [0, 0.1) is 6.92 Å². The predicted octanol–water partition coefficient (Wildman–Crippen LogP) is 1.85. The molecule has 0 fully saturated rings. The van der Waals surface area contributed by atoms with Gasteiger partial charge in [0.05, 0.1) is 16.9 Å². The number of nitrogens with zero attached hydrogens (tertiary/aromatic N) is 2. The molecule has 2 aromatic rings. The first-order valence-electron chi connectivity index (χ1n) is 4.14. The number of hydrogen-bond acceptors (Lipinski definition) is 2. The molecule has 3 heteroatoms. The summed E-state index contributed by atoms with van der Waals surface area (Å²) in [5, 5.41) is 0. The normalized spacial score (nSPS) is 10.6. The van der Waals surface area contributed by atoms with Crippen molar-refractivity contribution in [2.24, 2.45) is 0 Å². The highest BCUT2D eigenvalue weighted by molar-refractivity contribution is 5.93. The number of fused-ring (bicyclic) bond motifs is 1. The van der Waals surface area contributed by atoms with Gasteiger partial charge in [0, 0.05) is 19.3 Å². The molecule has 0 N–H and O–H groups in total. The van der Waals surface area contributed by atoms with Crippen LogP contribution in [0.1, 0.15) is 23.1 Å². The molecular weight excluding hydrogens is 164 g/mol. The zero-order chi connectivity index (χ0) is 9.42. The number of ketones is 1. The van der Waals surface area contributed by atoms with Gasteiger partial charge in [-0.25, -0.2) is 0 Å². The van der Waals surface area contributed by atoms with E-state index in [1.165, 1.54) is 0 Å². The molecule has 2 aromatic heterocycles. The van der Waals surface area contributed by atoms with Gasteiger partial charge in [0.25, 0.3) is 0 Å². The van der Waals surface area contributed by atoms with Gasteiger partial charge < -0.3 is 4.40 Å². The van der Waals surface area contributed by atoms with E-state index >= 15 is 0 Å². The molecule has 0 aromatic carbocycles. The second kappa shape index (κ2) is 2.69. The maximum atomic E-state index is 11.2. The summed E-state index contributed by atoms with van der Waals surface area (Å²) in [7, 11) is 0. The van der Waals surface area contributed by atoms with E-state index in [9.17, 15) is 4.79 Å². The highest BCUT2D eigenvalue weighted by Crippen LogP contribution is 2.12. The monoisotopic (exact) mass is 174 g/mol. The molecule has 0 aliphatic carbocycles. The number of hydrogen-bond donors (Lipinski definition) is 0. The van der Waals surface area contributed by atoms with Crippen LogP contribution in [0.2, 0.25) is 0 Å². The van der Waals surface area contributed by atoms with Crippen molar-refractivity contribution < 1.29 is 4.79 Å². The highest BCUT2D eigenvalue weighted by Gasteiger charge is 2.06. The number of rotatable bonds is 1. The Labute approximate surface area is 76.0 Å². The van der Waals surface area contributed by atoms with Crippen LogP contribution in [0.25, 0.3) is 5.52 Å². The Hall–Kier alpha value is -1.64. The maximum Gasteiger partial charge on any atom is 0.176 e. The Kier molecular flexibility index (Phi) is 1.65. The van der Waals surface area contributed by atoms with E-state index in [-0.39, 0.29) is 5.78 Å². The van der Waals surface area contributed by atoms with Crippen molar-refractivity contribution in [3.8, 4) is 0 Å². The Bertz CT molecular complexity index is 471. The average molecular weight is 174 g/mol. The summed E-state index contributed by atoms with van der Waals surface area (Å²) in [6, 6.07) is 3.74. The van der Waals surface area contributed by atoms with E-state index in [0.29, 0.717) is 5.69 Å². The molecule has 0 unspecified atom stereocenters. The highest BCUT2D eigenvalue weighted by atomic mass is 16.1. The molecule has 0 saturated heterocycles. The van der Waals surface area contributed by atoms with E-state index in [1.807, 2.05) is 23.5 Å². The quantitative estimate of drug-likeness (QED) is 0.618. The van der Waals surface area contributed by atoms with Gasteiger partial charge in [-0.2, -0.15) is 0 Å². The van der Waals surface area contributed by atoms with E-state index < -0.39 is 0 Å². The molecule has 2 rings (SSSR count). The van der Waals surface area contributed by atoms with Gasteiger partial charge in [0.1, 0.15) is 0 Å². The molecule has 0 aliphatic rings. The van der Waals surface area contributed by atoms with Gasteiger partial charge in [0.15, 0.2) is 5.78 Å². The summed E-state index contributed by atoms with van der Waals surface area (Å²) >= 11 is 0. The van der Waals surface area contributed by atoms with Crippen molar-refractivity contribution in [2.45, 2.75) is 13.8 Å². The Balaban J connectivity index is 2.83. The fraction of sp³-hybridized carbons (Fsp3) is 0.200. The Morgan fingerprint density at radius 1 is 1.46 bits per heavy atom. The summed E-state index contributed by atoms with van der Waals surface area (Å²) in [5.74, 6) is 0.0746. The topological polar surface area (TPSA) is 34.4 Å². The fourth-order valence-corrected chi connectivity index (χ4v) is 1.47. The Morgan fingerprint density at radius 2 is 2.23 bits per heavy atom. The van der Waals surface area contributed by atoms with Crippen molar-refractivity contribution in [3.63, 3.8) is 0 Å². The van der Waals surface area contributed by atoms with Gasteiger partial charge in [-0.3, -0.25) is 9.78 Å². The summed E-state index contributed by atoms with van der Waals surface area (Å²) in [6.45, 7) is 3.50. The molecule has 0 spiro atoms. The third kappa shape index (κ3) is 1.13. The molecule has 0 atom stereocenters. The van der Waals surface area contributed by atoms with Crippen molar-refractivity contribution in [3.05, 3.63) is 35.9 Å². The molecular formula is C10H10N2O. The number of aromatic nitrogens is 2. The number of aryl methyl sites for hydroxylation is 1. The second-order valence-corrected chi connectivity index (χ2v) is 3.04. The third-order valence-electron chi connectivity index (χ3n) is 2.13. The van der Waals surface area contributed by atoms with Crippen LogP contribution in [0.15, 0.2) is 24.5 Å².